The smallest absolute Gasteiger partial charge is 0.0406 e. The highest BCUT2D eigenvalue weighted by molar-refractivity contribution is 6.30. The van der Waals surface area contributed by atoms with Crippen LogP contribution in [0.25, 0.3) is 0 Å². The molecule has 1 aromatic rings. The highest BCUT2D eigenvalue weighted by Crippen LogP contribution is 2.19. The zero-order valence-electron chi connectivity index (χ0n) is 9.70. The molecule has 1 atom stereocenters. The predicted octanol–water partition coefficient (Wildman–Crippen LogP) is 5.05. The number of allylic oxidation sites excluding steroid dienone is 2. The van der Waals surface area contributed by atoms with E-state index in [0.29, 0.717) is 5.92 Å². The maximum absolute atomic E-state index is 5.84. The van der Waals surface area contributed by atoms with Crippen LogP contribution in [0.5, 0.6) is 0 Å². The summed E-state index contributed by atoms with van der Waals surface area (Å²) in [7, 11) is 0. The highest BCUT2D eigenvalue weighted by atomic mass is 35.5. The van der Waals surface area contributed by atoms with Gasteiger partial charge in [-0.3, -0.25) is 0 Å². The lowest BCUT2D eigenvalue weighted by atomic mass is 9.99. The minimum absolute atomic E-state index is 0.473. The molecular weight excluding hydrogens is 204 g/mol. The van der Waals surface area contributed by atoms with Crippen molar-refractivity contribution in [1.29, 1.82) is 0 Å². The van der Waals surface area contributed by atoms with Crippen molar-refractivity contribution in [2.24, 2.45) is 5.92 Å². The van der Waals surface area contributed by atoms with Crippen LogP contribution in [0.15, 0.2) is 36.4 Å². The van der Waals surface area contributed by atoms with Crippen LogP contribution in [0.4, 0.5) is 0 Å². The summed E-state index contributed by atoms with van der Waals surface area (Å²) < 4.78 is 0. The molecule has 0 N–H and O–H groups in total. The van der Waals surface area contributed by atoms with Crippen LogP contribution in [-0.2, 0) is 0 Å². The number of benzene rings is 1. The van der Waals surface area contributed by atoms with Gasteiger partial charge < -0.3 is 0 Å². The lowest BCUT2D eigenvalue weighted by Crippen LogP contribution is -1.89. The van der Waals surface area contributed by atoms with Crippen molar-refractivity contribution in [2.45, 2.75) is 33.1 Å². The average Bonchev–Trinajstić information content (AvgIpc) is 2.18. The third-order valence-electron chi connectivity index (χ3n) is 2.43. The normalized spacial score (nSPS) is 13.7. The molecule has 0 amide bonds. The van der Waals surface area contributed by atoms with E-state index in [2.05, 4.69) is 45.1 Å². The lowest BCUT2D eigenvalue weighted by molar-refractivity contribution is 0.661. The summed E-state index contributed by atoms with van der Waals surface area (Å²) in [4.78, 5) is 0. The van der Waals surface area contributed by atoms with Crippen molar-refractivity contribution < 1.29 is 0 Å². The van der Waals surface area contributed by atoms with E-state index in [-0.39, 0.29) is 0 Å². The summed E-state index contributed by atoms with van der Waals surface area (Å²) in [6, 6.07) is 8.08. The Hall–Kier alpha value is -0.750. The summed E-state index contributed by atoms with van der Waals surface area (Å²) in [6.07, 6.45) is 5.69. The van der Waals surface area contributed by atoms with Crippen molar-refractivity contribution in [3.63, 3.8) is 0 Å². The molecule has 15 heavy (non-hydrogen) atoms. The van der Waals surface area contributed by atoms with E-state index in [0.717, 1.165) is 17.4 Å². The van der Waals surface area contributed by atoms with Gasteiger partial charge in [-0.1, -0.05) is 56.7 Å². The van der Waals surface area contributed by atoms with Gasteiger partial charge in [0.2, 0.25) is 0 Å². The van der Waals surface area contributed by atoms with Crippen LogP contribution in [0, 0.1) is 5.92 Å². The topological polar surface area (TPSA) is 0 Å². The largest absolute Gasteiger partial charge is 0.0877 e. The zero-order chi connectivity index (χ0) is 11.3. The van der Waals surface area contributed by atoms with Crippen molar-refractivity contribution in [1.82, 2.24) is 0 Å². The molecule has 0 nitrogen and oxygen atoms in total. The summed E-state index contributed by atoms with van der Waals surface area (Å²) >= 11 is 5.84. The van der Waals surface area contributed by atoms with E-state index < -0.39 is 0 Å². The van der Waals surface area contributed by atoms with E-state index in [1.54, 1.807) is 0 Å². The maximum Gasteiger partial charge on any atom is 0.0406 e. The summed E-state index contributed by atoms with van der Waals surface area (Å²) in [5.41, 5.74) is 1.32. The molecule has 0 saturated heterocycles. The van der Waals surface area contributed by atoms with Gasteiger partial charge in [0, 0.05) is 5.02 Å². The number of hydrogen-bond donors (Lipinski definition) is 0. The molecule has 0 bridgehead atoms. The molecule has 0 aliphatic heterocycles. The number of halogens is 1. The Morgan fingerprint density at radius 1 is 1.13 bits per heavy atom. The minimum Gasteiger partial charge on any atom is -0.0877 e. The van der Waals surface area contributed by atoms with Crippen LogP contribution in [0.2, 0.25) is 5.02 Å². The van der Waals surface area contributed by atoms with Gasteiger partial charge in [0.15, 0.2) is 0 Å². The first-order chi connectivity index (χ1) is 7.09. The van der Waals surface area contributed by atoms with E-state index in [9.17, 15) is 0 Å². The molecule has 0 saturated carbocycles. The first-order valence-corrected chi connectivity index (χ1v) is 5.89. The van der Waals surface area contributed by atoms with Gasteiger partial charge in [0.05, 0.1) is 0 Å². The van der Waals surface area contributed by atoms with Crippen LogP contribution >= 0.6 is 11.6 Å². The molecule has 0 aliphatic carbocycles. The van der Waals surface area contributed by atoms with E-state index in [1.807, 2.05) is 12.1 Å². The molecule has 0 fully saturated rings. The summed E-state index contributed by atoms with van der Waals surface area (Å²) in [6.45, 7) is 6.68. The molecule has 0 aromatic heterocycles. The van der Waals surface area contributed by atoms with Gasteiger partial charge >= 0.3 is 0 Å². The SMILES string of the molecule is CC(C)C/C=C/[C@@H](C)c1ccc(Cl)cc1. The first-order valence-electron chi connectivity index (χ1n) is 5.51. The third kappa shape index (κ3) is 4.53. The van der Waals surface area contributed by atoms with Gasteiger partial charge in [-0.05, 0) is 36.0 Å². The first kappa shape index (κ1) is 12.3. The Morgan fingerprint density at radius 3 is 2.27 bits per heavy atom. The molecule has 0 heterocycles. The van der Waals surface area contributed by atoms with Crippen LogP contribution < -0.4 is 0 Å². The van der Waals surface area contributed by atoms with E-state index in [4.69, 9.17) is 11.6 Å². The molecule has 0 aliphatic rings. The average molecular weight is 223 g/mol. The molecule has 0 unspecified atom stereocenters. The Morgan fingerprint density at radius 2 is 1.73 bits per heavy atom. The Kier molecular flexibility index (Phi) is 4.90. The van der Waals surface area contributed by atoms with E-state index in [1.165, 1.54) is 5.56 Å². The van der Waals surface area contributed by atoms with Crippen LogP contribution in [-0.4, -0.2) is 0 Å². The van der Waals surface area contributed by atoms with Gasteiger partial charge in [0.25, 0.3) is 0 Å². The number of hydrogen-bond acceptors (Lipinski definition) is 0. The second-order valence-corrected chi connectivity index (χ2v) is 4.83. The van der Waals surface area contributed by atoms with Gasteiger partial charge in [-0.25, -0.2) is 0 Å². The molecule has 1 aromatic carbocycles. The molecular formula is C14H19Cl. The highest BCUT2D eigenvalue weighted by Gasteiger charge is 2.00. The molecule has 0 spiro atoms. The fourth-order valence-electron chi connectivity index (χ4n) is 1.43. The fraction of sp³-hybridized carbons (Fsp3) is 0.429. The quantitative estimate of drug-likeness (QED) is 0.626. The molecule has 82 valence electrons. The fourth-order valence-corrected chi connectivity index (χ4v) is 1.56. The summed E-state index contributed by atoms with van der Waals surface area (Å²) in [5.74, 6) is 1.21. The van der Waals surface area contributed by atoms with Crippen molar-refractivity contribution in [3.05, 3.63) is 47.0 Å². The number of rotatable bonds is 4. The van der Waals surface area contributed by atoms with Crippen LogP contribution in [0.3, 0.4) is 0 Å². The molecule has 0 radical (unpaired) electrons. The summed E-state index contributed by atoms with van der Waals surface area (Å²) in [5, 5.41) is 0.803. The molecule has 1 rings (SSSR count). The Balaban J connectivity index is 2.57. The maximum atomic E-state index is 5.84. The Labute approximate surface area is 98.0 Å². The van der Waals surface area contributed by atoms with Crippen LogP contribution in [0.1, 0.15) is 38.7 Å². The van der Waals surface area contributed by atoms with Gasteiger partial charge in [0.1, 0.15) is 0 Å². The second-order valence-electron chi connectivity index (χ2n) is 4.40. The lowest BCUT2D eigenvalue weighted by Gasteiger charge is -2.07. The van der Waals surface area contributed by atoms with E-state index >= 15 is 0 Å². The monoisotopic (exact) mass is 222 g/mol. The molecule has 1 heteroatoms. The predicted molar refractivity (Wildman–Crippen MR) is 68.5 cm³/mol. The van der Waals surface area contributed by atoms with Crippen molar-refractivity contribution in [2.75, 3.05) is 0 Å². The van der Waals surface area contributed by atoms with Gasteiger partial charge in [-0.2, -0.15) is 0 Å². The van der Waals surface area contributed by atoms with Crippen molar-refractivity contribution >= 4 is 11.6 Å². The zero-order valence-corrected chi connectivity index (χ0v) is 10.5. The standard InChI is InChI=1S/C14H19Cl/c1-11(2)5-4-6-12(3)13-7-9-14(15)10-8-13/h4,6-12H,5H2,1-3H3/b6-4+/t12-/m1/s1. The van der Waals surface area contributed by atoms with Gasteiger partial charge in [-0.15, -0.1) is 0 Å². The van der Waals surface area contributed by atoms with Crippen molar-refractivity contribution in [3.8, 4) is 0 Å². The minimum atomic E-state index is 0.473. The third-order valence-corrected chi connectivity index (χ3v) is 2.68. The second kappa shape index (κ2) is 5.97. The Bertz CT molecular complexity index is 309.